The first-order chi connectivity index (χ1) is 12.8. The lowest BCUT2D eigenvalue weighted by Gasteiger charge is -2.21. The fourth-order valence-electron chi connectivity index (χ4n) is 3.03. The number of rotatable bonds is 8. The van der Waals surface area contributed by atoms with Gasteiger partial charge < -0.3 is 19.8 Å². The second-order valence-electron chi connectivity index (χ2n) is 6.56. The average molecular weight is 359 g/mol. The third kappa shape index (κ3) is 5.91. The fourth-order valence-corrected chi connectivity index (χ4v) is 3.03. The van der Waals surface area contributed by atoms with Gasteiger partial charge in [0.15, 0.2) is 5.96 Å². The maximum absolute atomic E-state index is 5.78. The normalized spacial score (nSPS) is 18.0. The van der Waals surface area contributed by atoms with Gasteiger partial charge in [0.25, 0.3) is 0 Å². The number of aromatic nitrogens is 2. The summed E-state index contributed by atoms with van der Waals surface area (Å²) in [5, 5.41) is 11.0. The van der Waals surface area contributed by atoms with Crippen molar-refractivity contribution in [2.45, 2.75) is 38.2 Å². The Labute approximate surface area is 154 Å². The van der Waals surface area contributed by atoms with E-state index in [4.69, 9.17) is 14.1 Å². The molecule has 3 rings (SSSR count). The molecule has 0 saturated carbocycles. The highest BCUT2D eigenvalue weighted by molar-refractivity contribution is 5.79. The van der Waals surface area contributed by atoms with E-state index in [2.05, 4.69) is 15.7 Å². The van der Waals surface area contributed by atoms with Crippen LogP contribution in [0.1, 0.15) is 30.7 Å². The van der Waals surface area contributed by atoms with Gasteiger partial charge >= 0.3 is 0 Å². The number of nitrogens with one attached hydrogen (secondary N) is 2. The summed E-state index contributed by atoms with van der Waals surface area (Å²) in [6.45, 7) is 3.13. The van der Waals surface area contributed by atoms with Crippen molar-refractivity contribution in [1.82, 2.24) is 20.4 Å². The molecular weight excluding hydrogens is 330 g/mol. The molecule has 1 saturated heterocycles. The van der Waals surface area contributed by atoms with Gasteiger partial charge in [0, 0.05) is 51.5 Å². The van der Waals surface area contributed by atoms with Crippen molar-refractivity contribution < 1.29 is 9.15 Å². The molecular formula is C19H29N5O2. The summed E-state index contributed by atoms with van der Waals surface area (Å²) in [7, 11) is 1.96. The van der Waals surface area contributed by atoms with Crippen LogP contribution >= 0.6 is 0 Å². The highest BCUT2D eigenvalue weighted by Crippen LogP contribution is 2.12. The van der Waals surface area contributed by atoms with Crippen molar-refractivity contribution in [3.8, 4) is 0 Å². The maximum Gasteiger partial charge on any atom is 0.191 e. The minimum absolute atomic E-state index is 0.240. The molecule has 0 bridgehead atoms. The third-order valence-electron chi connectivity index (χ3n) is 4.57. The number of aliphatic imine (C=N–C) groups is 1. The predicted molar refractivity (Wildman–Crippen MR) is 101 cm³/mol. The van der Waals surface area contributed by atoms with Gasteiger partial charge in [0.2, 0.25) is 0 Å². The first kappa shape index (κ1) is 18.5. The maximum atomic E-state index is 5.78. The van der Waals surface area contributed by atoms with Crippen LogP contribution in [0.15, 0.2) is 40.1 Å². The summed E-state index contributed by atoms with van der Waals surface area (Å²) >= 11 is 0. The minimum atomic E-state index is 0.240. The van der Waals surface area contributed by atoms with E-state index >= 15 is 0 Å². The van der Waals surface area contributed by atoms with Crippen molar-refractivity contribution in [2.75, 3.05) is 26.2 Å². The standard InChI is InChI=1S/C19H29N5O2/c1-24-16(8-12-23-24)7-10-20-19(21-11-9-17-6-4-14-25-17)22-15-18-5-2-3-13-26-18/h4,6,8,12,14,18H,2-3,5,7,9-11,13,15H2,1H3,(H2,20,21,22). The van der Waals surface area contributed by atoms with Gasteiger partial charge in [-0.05, 0) is 37.5 Å². The van der Waals surface area contributed by atoms with E-state index in [0.717, 1.165) is 57.1 Å². The molecule has 1 aliphatic heterocycles. The van der Waals surface area contributed by atoms with E-state index in [-0.39, 0.29) is 6.10 Å². The highest BCUT2D eigenvalue weighted by atomic mass is 16.5. The quantitative estimate of drug-likeness (QED) is 0.556. The van der Waals surface area contributed by atoms with Gasteiger partial charge in [-0.25, -0.2) is 0 Å². The van der Waals surface area contributed by atoms with Crippen LogP contribution in [0.2, 0.25) is 0 Å². The van der Waals surface area contributed by atoms with E-state index in [9.17, 15) is 0 Å². The van der Waals surface area contributed by atoms with Crippen LogP contribution in [0.3, 0.4) is 0 Å². The van der Waals surface area contributed by atoms with Crippen molar-refractivity contribution in [2.24, 2.45) is 12.0 Å². The molecule has 0 aliphatic carbocycles. The number of nitrogens with zero attached hydrogens (tertiary/aromatic N) is 3. The first-order valence-electron chi connectivity index (χ1n) is 9.44. The summed E-state index contributed by atoms with van der Waals surface area (Å²) < 4.78 is 13.1. The van der Waals surface area contributed by atoms with Crippen molar-refractivity contribution in [3.05, 3.63) is 42.1 Å². The fraction of sp³-hybridized carbons (Fsp3) is 0.579. The van der Waals surface area contributed by atoms with Gasteiger partial charge in [0.1, 0.15) is 5.76 Å². The highest BCUT2D eigenvalue weighted by Gasteiger charge is 2.13. The van der Waals surface area contributed by atoms with Crippen molar-refractivity contribution in [1.29, 1.82) is 0 Å². The van der Waals surface area contributed by atoms with Gasteiger partial charge in [-0.2, -0.15) is 5.10 Å². The van der Waals surface area contributed by atoms with Gasteiger partial charge in [-0.15, -0.1) is 0 Å². The third-order valence-corrected chi connectivity index (χ3v) is 4.57. The zero-order valence-corrected chi connectivity index (χ0v) is 15.5. The minimum Gasteiger partial charge on any atom is -0.469 e. The molecule has 2 N–H and O–H groups in total. The summed E-state index contributed by atoms with van der Waals surface area (Å²) in [5.41, 5.74) is 1.20. The summed E-state index contributed by atoms with van der Waals surface area (Å²) in [5.74, 6) is 1.80. The van der Waals surface area contributed by atoms with E-state index in [1.54, 1.807) is 6.26 Å². The Bertz CT molecular complexity index is 659. The SMILES string of the molecule is Cn1nccc1CCNC(=NCC1CCCCO1)NCCc1ccco1. The lowest BCUT2D eigenvalue weighted by Crippen LogP contribution is -2.40. The summed E-state index contributed by atoms with van der Waals surface area (Å²) in [4.78, 5) is 4.72. The number of aryl methyl sites for hydroxylation is 1. The van der Waals surface area contributed by atoms with Gasteiger partial charge in [-0.1, -0.05) is 0 Å². The van der Waals surface area contributed by atoms with Crippen molar-refractivity contribution >= 4 is 5.96 Å². The Balaban J connectivity index is 1.48. The smallest absolute Gasteiger partial charge is 0.191 e. The molecule has 142 valence electrons. The molecule has 0 aromatic carbocycles. The molecule has 1 atom stereocenters. The van der Waals surface area contributed by atoms with Crippen LogP contribution in [0, 0.1) is 0 Å². The Morgan fingerprint density at radius 1 is 1.27 bits per heavy atom. The lowest BCUT2D eigenvalue weighted by atomic mass is 10.1. The molecule has 3 heterocycles. The van der Waals surface area contributed by atoms with Crippen LogP contribution in [0.5, 0.6) is 0 Å². The average Bonchev–Trinajstić information content (AvgIpc) is 3.32. The van der Waals surface area contributed by atoms with Crippen LogP contribution in [-0.2, 0) is 24.6 Å². The van der Waals surface area contributed by atoms with E-state index < -0.39 is 0 Å². The molecule has 7 nitrogen and oxygen atoms in total. The number of hydrogen-bond donors (Lipinski definition) is 2. The monoisotopic (exact) mass is 359 g/mol. The van der Waals surface area contributed by atoms with Gasteiger partial charge in [0.05, 0.1) is 18.9 Å². The van der Waals surface area contributed by atoms with E-state index in [1.165, 1.54) is 12.1 Å². The number of furan rings is 1. The topological polar surface area (TPSA) is 76.6 Å². The number of hydrogen-bond acceptors (Lipinski definition) is 4. The molecule has 2 aromatic heterocycles. The van der Waals surface area contributed by atoms with Crippen LogP contribution in [0.25, 0.3) is 0 Å². The second kappa shape index (κ2) is 10.0. The molecule has 7 heteroatoms. The Morgan fingerprint density at radius 3 is 2.85 bits per heavy atom. The van der Waals surface area contributed by atoms with E-state index in [0.29, 0.717) is 6.54 Å². The van der Waals surface area contributed by atoms with Gasteiger partial charge in [-0.3, -0.25) is 9.67 Å². The molecule has 1 unspecified atom stereocenters. The van der Waals surface area contributed by atoms with Crippen LogP contribution in [-0.4, -0.2) is 48.1 Å². The van der Waals surface area contributed by atoms with Crippen LogP contribution < -0.4 is 10.6 Å². The van der Waals surface area contributed by atoms with Crippen molar-refractivity contribution in [3.63, 3.8) is 0 Å². The number of ether oxygens (including phenoxy) is 1. The molecule has 0 amide bonds. The molecule has 0 radical (unpaired) electrons. The molecule has 26 heavy (non-hydrogen) atoms. The summed E-state index contributed by atoms with van der Waals surface area (Å²) in [6.07, 6.45) is 8.99. The predicted octanol–water partition coefficient (Wildman–Crippen LogP) is 1.90. The largest absolute Gasteiger partial charge is 0.469 e. The lowest BCUT2D eigenvalue weighted by molar-refractivity contribution is 0.0224. The summed E-state index contributed by atoms with van der Waals surface area (Å²) in [6, 6.07) is 5.94. The molecule has 1 fully saturated rings. The molecule has 0 spiro atoms. The Morgan fingerprint density at radius 2 is 2.15 bits per heavy atom. The Hall–Kier alpha value is -2.28. The van der Waals surface area contributed by atoms with Crippen LogP contribution in [0.4, 0.5) is 0 Å². The number of guanidine groups is 1. The molecule has 2 aromatic rings. The first-order valence-corrected chi connectivity index (χ1v) is 9.44. The Kier molecular flexibility index (Phi) is 7.13. The second-order valence-corrected chi connectivity index (χ2v) is 6.56. The molecule has 1 aliphatic rings. The zero-order chi connectivity index (χ0) is 18.0. The van der Waals surface area contributed by atoms with E-state index in [1.807, 2.05) is 36.1 Å². The zero-order valence-electron chi connectivity index (χ0n) is 15.5.